The smallest absolute Gasteiger partial charge is 0.256 e. The molecule has 0 aliphatic carbocycles. The van der Waals surface area contributed by atoms with Gasteiger partial charge in [0.05, 0.1) is 15.7 Å². The van der Waals surface area contributed by atoms with E-state index < -0.39 is 0 Å². The minimum atomic E-state index is -0.275. The predicted octanol–water partition coefficient (Wildman–Crippen LogP) is 6.05. The summed E-state index contributed by atoms with van der Waals surface area (Å²) in [5.41, 5.74) is 0.908. The molecule has 3 aromatic rings. The van der Waals surface area contributed by atoms with E-state index in [4.69, 9.17) is 34.8 Å². The monoisotopic (exact) mass is 349 g/mol. The molecule has 1 amide bonds. The lowest BCUT2D eigenvalue weighted by Gasteiger charge is -2.11. The molecule has 22 heavy (non-hydrogen) atoms. The number of hydrogen-bond donors (Lipinski definition) is 1. The number of benzene rings is 3. The average molecular weight is 351 g/mol. The van der Waals surface area contributed by atoms with E-state index in [0.29, 0.717) is 26.3 Å². The maximum Gasteiger partial charge on any atom is 0.256 e. The van der Waals surface area contributed by atoms with E-state index >= 15 is 0 Å². The Morgan fingerprint density at radius 1 is 0.864 bits per heavy atom. The summed E-state index contributed by atoms with van der Waals surface area (Å²) in [5.74, 6) is -0.275. The van der Waals surface area contributed by atoms with Gasteiger partial charge in [0.15, 0.2) is 0 Å². The Morgan fingerprint density at radius 3 is 2.23 bits per heavy atom. The highest BCUT2D eigenvalue weighted by molar-refractivity contribution is 6.42. The SMILES string of the molecule is O=C(Nc1c(Cl)cc(Cl)cc1Cl)c1cccc2ccccc12. The Morgan fingerprint density at radius 2 is 1.50 bits per heavy atom. The Hall–Kier alpha value is -1.74. The van der Waals surface area contributed by atoms with Gasteiger partial charge in [0.2, 0.25) is 0 Å². The van der Waals surface area contributed by atoms with Crippen molar-refractivity contribution >= 4 is 57.2 Å². The quantitative estimate of drug-likeness (QED) is 0.598. The van der Waals surface area contributed by atoms with Crippen LogP contribution in [0.15, 0.2) is 54.6 Å². The first-order chi connectivity index (χ1) is 10.6. The first-order valence-corrected chi connectivity index (χ1v) is 7.63. The number of carbonyl (C=O) groups excluding carboxylic acids is 1. The van der Waals surface area contributed by atoms with Crippen molar-refractivity contribution < 1.29 is 4.79 Å². The summed E-state index contributed by atoms with van der Waals surface area (Å²) in [6.07, 6.45) is 0. The van der Waals surface area contributed by atoms with E-state index in [9.17, 15) is 4.79 Å². The van der Waals surface area contributed by atoms with Crippen LogP contribution in [0.3, 0.4) is 0 Å². The molecule has 0 aromatic heterocycles. The minimum absolute atomic E-state index is 0.275. The number of hydrogen-bond acceptors (Lipinski definition) is 1. The van der Waals surface area contributed by atoms with E-state index in [1.54, 1.807) is 6.07 Å². The van der Waals surface area contributed by atoms with Gasteiger partial charge in [-0.3, -0.25) is 4.79 Å². The molecule has 110 valence electrons. The molecular formula is C17H10Cl3NO. The number of halogens is 3. The molecule has 0 saturated carbocycles. The number of anilines is 1. The van der Waals surface area contributed by atoms with Crippen molar-refractivity contribution in [3.05, 3.63) is 75.2 Å². The van der Waals surface area contributed by atoms with Gasteiger partial charge < -0.3 is 5.32 Å². The van der Waals surface area contributed by atoms with Crippen LogP contribution in [0.2, 0.25) is 15.1 Å². The normalized spacial score (nSPS) is 10.7. The van der Waals surface area contributed by atoms with Crippen LogP contribution in [-0.2, 0) is 0 Å². The summed E-state index contributed by atoms with van der Waals surface area (Å²) >= 11 is 18.1. The Balaban J connectivity index is 2.01. The second kappa shape index (κ2) is 6.17. The van der Waals surface area contributed by atoms with Crippen molar-refractivity contribution in [2.75, 3.05) is 5.32 Å². The number of nitrogens with one attached hydrogen (secondary N) is 1. The summed E-state index contributed by atoms with van der Waals surface area (Å²) in [7, 11) is 0. The van der Waals surface area contributed by atoms with Gasteiger partial charge in [0, 0.05) is 10.6 Å². The summed E-state index contributed by atoms with van der Waals surface area (Å²) < 4.78 is 0. The molecule has 0 spiro atoms. The highest BCUT2D eigenvalue weighted by atomic mass is 35.5. The molecule has 0 bridgehead atoms. The summed E-state index contributed by atoms with van der Waals surface area (Å²) in [5, 5.41) is 5.62. The van der Waals surface area contributed by atoms with Gasteiger partial charge in [-0.05, 0) is 29.0 Å². The van der Waals surface area contributed by atoms with E-state index in [-0.39, 0.29) is 5.91 Å². The Labute approximate surface area is 142 Å². The summed E-state index contributed by atoms with van der Waals surface area (Å²) in [6, 6.07) is 16.3. The zero-order chi connectivity index (χ0) is 15.7. The molecule has 0 fully saturated rings. The first kappa shape index (κ1) is 15.2. The summed E-state index contributed by atoms with van der Waals surface area (Å²) in [6.45, 7) is 0. The van der Waals surface area contributed by atoms with Crippen molar-refractivity contribution in [1.82, 2.24) is 0 Å². The fraction of sp³-hybridized carbons (Fsp3) is 0. The minimum Gasteiger partial charge on any atom is -0.319 e. The molecule has 3 rings (SSSR count). The van der Waals surface area contributed by atoms with Crippen molar-refractivity contribution in [2.45, 2.75) is 0 Å². The highest BCUT2D eigenvalue weighted by Crippen LogP contribution is 2.34. The third-order valence-corrected chi connectivity index (χ3v) is 4.09. The Bertz CT molecular complexity index is 848. The number of carbonyl (C=O) groups is 1. The van der Waals surface area contributed by atoms with Crippen molar-refractivity contribution in [2.24, 2.45) is 0 Å². The van der Waals surface area contributed by atoms with Gasteiger partial charge in [-0.25, -0.2) is 0 Å². The second-order valence-electron chi connectivity index (χ2n) is 4.73. The van der Waals surface area contributed by atoms with Gasteiger partial charge in [-0.15, -0.1) is 0 Å². The fourth-order valence-corrected chi connectivity index (χ4v) is 3.18. The lowest BCUT2D eigenvalue weighted by molar-refractivity contribution is 0.102. The zero-order valence-electron chi connectivity index (χ0n) is 11.2. The van der Waals surface area contributed by atoms with E-state index in [2.05, 4.69) is 5.32 Å². The van der Waals surface area contributed by atoms with Crippen LogP contribution >= 0.6 is 34.8 Å². The molecule has 0 aliphatic rings. The van der Waals surface area contributed by atoms with Gasteiger partial charge in [-0.2, -0.15) is 0 Å². The molecule has 1 N–H and O–H groups in total. The lowest BCUT2D eigenvalue weighted by Crippen LogP contribution is -2.13. The number of amides is 1. The van der Waals surface area contributed by atoms with Crippen LogP contribution in [0.25, 0.3) is 10.8 Å². The van der Waals surface area contributed by atoms with Gasteiger partial charge in [-0.1, -0.05) is 71.2 Å². The van der Waals surface area contributed by atoms with Gasteiger partial charge in [0.1, 0.15) is 0 Å². The second-order valence-corrected chi connectivity index (χ2v) is 5.98. The van der Waals surface area contributed by atoms with E-state index in [1.165, 1.54) is 12.1 Å². The largest absolute Gasteiger partial charge is 0.319 e. The molecule has 3 aromatic carbocycles. The zero-order valence-corrected chi connectivity index (χ0v) is 13.5. The maximum absolute atomic E-state index is 12.6. The standard InChI is InChI=1S/C17H10Cl3NO/c18-11-8-14(19)16(15(20)9-11)21-17(22)13-7-3-5-10-4-1-2-6-12(10)13/h1-9H,(H,21,22). The third kappa shape index (κ3) is 2.91. The fourth-order valence-electron chi connectivity index (χ4n) is 2.27. The molecule has 0 radical (unpaired) electrons. The Kier molecular flexibility index (Phi) is 4.25. The van der Waals surface area contributed by atoms with E-state index in [0.717, 1.165) is 10.8 Å². The van der Waals surface area contributed by atoms with Crippen LogP contribution in [0.5, 0.6) is 0 Å². The number of fused-ring (bicyclic) bond motifs is 1. The van der Waals surface area contributed by atoms with Gasteiger partial charge >= 0.3 is 0 Å². The molecule has 0 heterocycles. The van der Waals surface area contributed by atoms with Crippen molar-refractivity contribution in [1.29, 1.82) is 0 Å². The van der Waals surface area contributed by atoms with Crippen molar-refractivity contribution in [3.63, 3.8) is 0 Å². The predicted molar refractivity (Wildman–Crippen MR) is 93.4 cm³/mol. The molecule has 0 unspecified atom stereocenters. The van der Waals surface area contributed by atoms with Crippen molar-refractivity contribution in [3.8, 4) is 0 Å². The van der Waals surface area contributed by atoms with Crippen LogP contribution in [0, 0.1) is 0 Å². The average Bonchev–Trinajstić information content (AvgIpc) is 2.50. The molecular weight excluding hydrogens is 341 g/mol. The maximum atomic E-state index is 12.6. The number of rotatable bonds is 2. The molecule has 0 aliphatic heterocycles. The van der Waals surface area contributed by atoms with Gasteiger partial charge in [0.25, 0.3) is 5.91 Å². The molecule has 0 saturated heterocycles. The topological polar surface area (TPSA) is 29.1 Å². The molecule has 2 nitrogen and oxygen atoms in total. The highest BCUT2D eigenvalue weighted by Gasteiger charge is 2.14. The van der Waals surface area contributed by atoms with Crippen LogP contribution in [0.1, 0.15) is 10.4 Å². The third-order valence-electron chi connectivity index (χ3n) is 3.28. The lowest BCUT2D eigenvalue weighted by atomic mass is 10.0. The van der Waals surface area contributed by atoms with Crippen LogP contribution < -0.4 is 5.32 Å². The summed E-state index contributed by atoms with van der Waals surface area (Å²) in [4.78, 5) is 12.6. The first-order valence-electron chi connectivity index (χ1n) is 6.50. The molecule has 0 atom stereocenters. The van der Waals surface area contributed by atoms with Crippen LogP contribution in [0.4, 0.5) is 5.69 Å². The molecule has 5 heteroatoms. The van der Waals surface area contributed by atoms with Crippen LogP contribution in [-0.4, -0.2) is 5.91 Å². The van der Waals surface area contributed by atoms with E-state index in [1.807, 2.05) is 36.4 Å².